The highest BCUT2D eigenvalue weighted by Gasteiger charge is 2.30. The van der Waals surface area contributed by atoms with E-state index in [2.05, 4.69) is 4.90 Å². The van der Waals surface area contributed by atoms with Crippen molar-refractivity contribution in [3.05, 3.63) is 0 Å². The van der Waals surface area contributed by atoms with Gasteiger partial charge in [-0.3, -0.25) is 0 Å². The monoisotopic (exact) mass is 227 g/mol. The Bertz CT molecular complexity index is 222. The molecule has 0 spiro atoms. The van der Waals surface area contributed by atoms with Crippen LogP contribution in [0.15, 0.2) is 0 Å². The second-order valence-electron chi connectivity index (χ2n) is 5.85. The summed E-state index contributed by atoms with van der Waals surface area (Å²) in [4.78, 5) is 2.54. The zero-order valence-electron chi connectivity index (χ0n) is 10.4. The van der Waals surface area contributed by atoms with Gasteiger partial charge in [-0.15, -0.1) is 0 Å². The third kappa shape index (κ3) is 3.19. The number of aliphatic hydroxyl groups is 2. The van der Waals surface area contributed by atoms with Gasteiger partial charge in [-0.25, -0.2) is 0 Å². The molecule has 1 heterocycles. The van der Waals surface area contributed by atoms with E-state index in [-0.39, 0.29) is 6.10 Å². The molecular weight excluding hydrogens is 202 g/mol. The first-order valence-electron chi connectivity index (χ1n) is 6.71. The van der Waals surface area contributed by atoms with Crippen molar-refractivity contribution in [3.8, 4) is 0 Å². The molecule has 1 saturated carbocycles. The van der Waals surface area contributed by atoms with E-state index in [9.17, 15) is 10.2 Å². The minimum Gasteiger partial charge on any atom is -0.393 e. The summed E-state index contributed by atoms with van der Waals surface area (Å²) in [6, 6.07) is 0.650. The lowest BCUT2D eigenvalue weighted by Gasteiger charge is -2.35. The Labute approximate surface area is 98.5 Å². The Kier molecular flexibility index (Phi) is 3.88. The van der Waals surface area contributed by atoms with Crippen LogP contribution < -0.4 is 0 Å². The Morgan fingerprint density at radius 1 is 1.06 bits per heavy atom. The minimum absolute atomic E-state index is 0.0636. The van der Waals surface area contributed by atoms with Crippen molar-refractivity contribution >= 4 is 0 Å². The summed E-state index contributed by atoms with van der Waals surface area (Å²) in [7, 11) is 0. The molecule has 16 heavy (non-hydrogen) atoms. The van der Waals surface area contributed by atoms with Crippen molar-refractivity contribution in [3.63, 3.8) is 0 Å². The first-order chi connectivity index (χ1) is 7.57. The summed E-state index contributed by atoms with van der Waals surface area (Å²) in [6.45, 7) is 4.10. The number of likely N-dealkylation sites (tertiary alicyclic amines) is 1. The molecule has 0 radical (unpaired) electrons. The molecule has 94 valence electrons. The van der Waals surface area contributed by atoms with Gasteiger partial charge in [0.05, 0.1) is 11.7 Å². The molecule has 1 unspecified atom stereocenters. The second kappa shape index (κ2) is 5.03. The van der Waals surface area contributed by atoms with E-state index in [1.807, 2.05) is 6.92 Å². The van der Waals surface area contributed by atoms with E-state index in [1.54, 1.807) is 0 Å². The predicted molar refractivity (Wildman–Crippen MR) is 64.3 cm³/mol. The fraction of sp³-hybridized carbons (Fsp3) is 1.00. The SMILES string of the molecule is CC1(O)CCCN(C2CCC(O)CC2)CC1. The third-order valence-electron chi connectivity index (χ3n) is 4.28. The van der Waals surface area contributed by atoms with E-state index < -0.39 is 5.60 Å². The van der Waals surface area contributed by atoms with Crippen LogP contribution in [0.1, 0.15) is 51.9 Å². The second-order valence-corrected chi connectivity index (χ2v) is 5.85. The van der Waals surface area contributed by atoms with Gasteiger partial charge in [-0.2, -0.15) is 0 Å². The molecule has 0 bridgehead atoms. The summed E-state index contributed by atoms with van der Waals surface area (Å²) in [5.74, 6) is 0. The summed E-state index contributed by atoms with van der Waals surface area (Å²) in [5, 5.41) is 19.6. The molecule has 1 aliphatic carbocycles. The molecule has 2 aliphatic rings. The van der Waals surface area contributed by atoms with Crippen LogP contribution in [0.4, 0.5) is 0 Å². The molecule has 0 amide bonds. The van der Waals surface area contributed by atoms with Gasteiger partial charge in [-0.05, 0) is 58.4 Å². The maximum absolute atomic E-state index is 10.0. The highest BCUT2D eigenvalue weighted by Crippen LogP contribution is 2.28. The van der Waals surface area contributed by atoms with Crippen LogP contribution in [0, 0.1) is 0 Å². The van der Waals surface area contributed by atoms with E-state index >= 15 is 0 Å². The van der Waals surface area contributed by atoms with E-state index in [1.165, 1.54) is 0 Å². The van der Waals surface area contributed by atoms with Crippen molar-refractivity contribution < 1.29 is 10.2 Å². The Hall–Kier alpha value is -0.120. The molecule has 1 saturated heterocycles. The van der Waals surface area contributed by atoms with Crippen LogP contribution in [0.5, 0.6) is 0 Å². The lowest BCUT2D eigenvalue weighted by atomic mass is 9.92. The van der Waals surface area contributed by atoms with Crippen LogP contribution in [0.2, 0.25) is 0 Å². The summed E-state index contributed by atoms with van der Waals surface area (Å²) < 4.78 is 0. The lowest BCUT2D eigenvalue weighted by Crippen LogP contribution is -2.40. The van der Waals surface area contributed by atoms with Crippen LogP contribution in [0.3, 0.4) is 0 Å². The standard InChI is InChI=1S/C13H25NO2/c1-13(16)7-2-9-14(10-8-13)11-3-5-12(15)6-4-11/h11-12,15-16H,2-10H2,1H3. The van der Waals surface area contributed by atoms with Crippen LogP contribution >= 0.6 is 0 Å². The first kappa shape index (κ1) is 12.3. The van der Waals surface area contributed by atoms with Crippen molar-refractivity contribution in [2.75, 3.05) is 13.1 Å². The van der Waals surface area contributed by atoms with Crippen molar-refractivity contribution in [1.82, 2.24) is 4.90 Å². The lowest BCUT2D eigenvalue weighted by molar-refractivity contribution is 0.0380. The molecule has 0 aromatic heterocycles. The highest BCUT2D eigenvalue weighted by atomic mass is 16.3. The maximum atomic E-state index is 10.0. The van der Waals surface area contributed by atoms with Crippen molar-refractivity contribution in [2.45, 2.75) is 69.6 Å². The van der Waals surface area contributed by atoms with Gasteiger partial charge in [0.15, 0.2) is 0 Å². The molecular formula is C13H25NO2. The van der Waals surface area contributed by atoms with Crippen molar-refractivity contribution in [1.29, 1.82) is 0 Å². The topological polar surface area (TPSA) is 43.7 Å². The Morgan fingerprint density at radius 2 is 1.75 bits per heavy atom. The van der Waals surface area contributed by atoms with Gasteiger partial charge in [0, 0.05) is 12.6 Å². The van der Waals surface area contributed by atoms with Crippen LogP contribution in [-0.4, -0.2) is 45.9 Å². The number of nitrogens with zero attached hydrogens (tertiary/aromatic N) is 1. The largest absolute Gasteiger partial charge is 0.393 e. The fourth-order valence-corrected chi connectivity index (χ4v) is 3.07. The number of hydrogen-bond donors (Lipinski definition) is 2. The van der Waals surface area contributed by atoms with Gasteiger partial charge < -0.3 is 15.1 Å². The maximum Gasteiger partial charge on any atom is 0.0632 e. The van der Waals surface area contributed by atoms with Gasteiger partial charge >= 0.3 is 0 Å². The zero-order chi connectivity index (χ0) is 11.6. The van der Waals surface area contributed by atoms with E-state index in [0.717, 1.165) is 58.0 Å². The summed E-state index contributed by atoms with van der Waals surface area (Å²) in [6.07, 6.45) is 7.03. The summed E-state index contributed by atoms with van der Waals surface area (Å²) in [5.41, 5.74) is -0.455. The molecule has 0 aromatic rings. The number of hydrogen-bond acceptors (Lipinski definition) is 3. The molecule has 2 fully saturated rings. The molecule has 0 aromatic carbocycles. The quantitative estimate of drug-likeness (QED) is 0.714. The van der Waals surface area contributed by atoms with Crippen molar-refractivity contribution in [2.24, 2.45) is 0 Å². The molecule has 2 N–H and O–H groups in total. The van der Waals surface area contributed by atoms with Gasteiger partial charge in [-0.1, -0.05) is 0 Å². The Balaban J connectivity index is 1.85. The first-order valence-corrected chi connectivity index (χ1v) is 6.71. The fourth-order valence-electron chi connectivity index (χ4n) is 3.07. The number of rotatable bonds is 1. The van der Waals surface area contributed by atoms with E-state index in [0.29, 0.717) is 6.04 Å². The average molecular weight is 227 g/mol. The minimum atomic E-state index is -0.455. The summed E-state index contributed by atoms with van der Waals surface area (Å²) >= 11 is 0. The average Bonchev–Trinajstić information content (AvgIpc) is 2.41. The highest BCUT2D eigenvalue weighted by molar-refractivity contribution is 4.85. The van der Waals surface area contributed by atoms with E-state index in [4.69, 9.17) is 0 Å². The number of aliphatic hydroxyl groups excluding tert-OH is 1. The molecule has 1 aliphatic heterocycles. The molecule has 3 nitrogen and oxygen atoms in total. The third-order valence-corrected chi connectivity index (χ3v) is 4.28. The molecule has 1 atom stereocenters. The van der Waals surface area contributed by atoms with Gasteiger partial charge in [0.1, 0.15) is 0 Å². The zero-order valence-corrected chi connectivity index (χ0v) is 10.4. The predicted octanol–water partition coefficient (Wildman–Crippen LogP) is 1.53. The smallest absolute Gasteiger partial charge is 0.0632 e. The van der Waals surface area contributed by atoms with Crippen LogP contribution in [-0.2, 0) is 0 Å². The van der Waals surface area contributed by atoms with Crippen LogP contribution in [0.25, 0.3) is 0 Å². The normalized spacial score (nSPS) is 42.9. The van der Waals surface area contributed by atoms with Gasteiger partial charge in [0.25, 0.3) is 0 Å². The van der Waals surface area contributed by atoms with Gasteiger partial charge in [0.2, 0.25) is 0 Å². The molecule has 3 heteroatoms. The Morgan fingerprint density at radius 3 is 2.44 bits per heavy atom. The molecule has 2 rings (SSSR count).